The van der Waals surface area contributed by atoms with Crippen LogP contribution in [-0.4, -0.2) is 21.7 Å². The highest BCUT2D eigenvalue weighted by molar-refractivity contribution is 5.42. The molecule has 0 atom stereocenters. The summed E-state index contributed by atoms with van der Waals surface area (Å²) in [6.07, 6.45) is 1.75. The van der Waals surface area contributed by atoms with E-state index >= 15 is 0 Å². The number of aryl methyl sites for hydroxylation is 1. The summed E-state index contributed by atoms with van der Waals surface area (Å²) in [5, 5.41) is 10.3. The van der Waals surface area contributed by atoms with Gasteiger partial charge in [0.25, 0.3) is 0 Å². The van der Waals surface area contributed by atoms with Gasteiger partial charge in [-0.3, -0.25) is 5.10 Å². The van der Waals surface area contributed by atoms with E-state index in [4.69, 9.17) is 5.73 Å². The summed E-state index contributed by atoms with van der Waals surface area (Å²) in [5.41, 5.74) is 6.52. The lowest BCUT2D eigenvalue weighted by Gasteiger charge is -2.02. The summed E-state index contributed by atoms with van der Waals surface area (Å²) in [6.45, 7) is 1.33. The van der Waals surface area contributed by atoms with Gasteiger partial charge in [-0.15, -0.1) is 0 Å². The predicted octanol–water partition coefficient (Wildman–Crippen LogP) is 1.31. The number of para-hydroxylation sites is 1. The van der Waals surface area contributed by atoms with E-state index < -0.39 is 0 Å². The average Bonchev–Trinajstić information content (AvgIpc) is 2.83. The number of hydrogen-bond acceptors (Lipinski definition) is 4. The van der Waals surface area contributed by atoms with Crippen LogP contribution in [0.2, 0.25) is 0 Å². The third-order valence-corrected chi connectivity index (χ3v) is 2.42. The summed E-state index contributed by atoms with van der Waals surface area (Å²) in [7, 11) is 0. The molecule has 0 radical (unpaired) electrons. The van der Waals surface area contributed by atoms with Gasteiger partial charge in [0.2, 0.25) is 0 Å². The molecule has 0 aliphatic carbocycles. The van der Waals surface area contributed by atoms with Gasteiger partial charge in [0.1, 0.15) is 5.82 Å². The monoisotopic (exact) mass is 231 g/mol. The van der Waals surface area contributed by atoms with Crippen molar-refractivity contribution in [3.05, 3.63) is 42.0 Å². The van der Waals surface area contributed by atoms with E-state index in [0.717, 1.165) is 30.2 Å². The molecule has 90 valence electrons. The smallest absolute Gasteiger partial charge is 0.150 e. The molecule has 1 heterocycles. The number of aromatic amines is 1. The van der Waals surface area contributed by atoms with Gasteiger partial charge in [0, 0.05) is 12.1 Å². The standard InChI is InChI=1S/C12H17N5/c13-8-4-7-11-15-12(17-16-11)9-14-10-5-2-1-3-6-10/h1-3,5-6,14H,4,7-9,13H2,(H,15,16,17). The van der Waals surface area contributed by atoms with Gasteiger partial charge < -0.3 is 11.1 Å². The Bertz CT molecular complexity index is 437. The Morgan fingerprint density at radius 2 is 2.06 bits per heavy atom. The van der Waals surface area contributed by atoms with E-state index in [9.17, 15) is 0 Å². The van der Waals surface area contributed by atoms with E-state index in [0.29, 0.717) is 13.1 Å². The van der Waals surface area contributed by atoms with Crippen molar-refractivity contribution in [1.82, 2.24) is 15.2 Å². The molecule has 0 saturated heterocycles. The molecule has 0 aliphatic heterocycles. The summed E-state index contributed by atoms with van der Waals surface area (Å²) in [6, 6.07) is 10.0. The Hall–Kier alpha value is -1.88. The van der Waals surface area contributed by atoms with Gasteiger partial charge in [-0.25, -0.2) is 4.98 Å². The number of rotatable bonds is 6. The van der Waals surface area contributed by atoms with Crippen LogP contribution < -0.4 is 11.1 Å². The topological polar surface area (TPSA) is 79.6 Å². The summed E-state index contributed by atoms with van der Waals surface area (Å²) in [4.78, 5) is 4.38. The molecule has 2 aromatic rings. The van der Waals surface area contributed by atoms with E-state index in [1.807, 2.05) is 30.3 Å². The highest BCUT2D eigenvalue weighted by atomic mass is 15.2. The van der Waals surface area contributed by atoms with Crippen molar-refractivity contribution in [2.75, 3.05) is 11.9 Å². The number of nitrogens with zero attached hydrogens (tertiary/aromatic N) is 2. The fourth-order valence-corrected chi connectivity index (χ4v) is 1.53. The van der Waals surface area contributed by atoms with Gasteiger partial charge >= 0.3 is 0 Å². The third-order valence-electron chi connectivity index (χ3n) is 2.42. The molecule has 0 bridgehead atoms. The van der Waals surface area contributed by atoms with Crippen LogP contribution in [0.1, 0.15) is 18.1 Å². The highest BCUT2D eigenvalue weighted by Crippen LogP contribution is 2.06. The fourth-order valence-electron chi connectivity index (χ4n) is 1.53. The van der Waals surface area contributed by atoms with Gasteiger partial charge in [0.05, 0.1) is 6.54 Å². The highest BCUT2D eigenvalue weighted by Gasteiger charge is 2.02. The van der Waals surface area contributed by atoms with Gasteiger partial charge in [-0.2, -0.15) is 5.10 Å². The number of aromatic nitrogens is 3. The van der Waals surface area contributed by atoms with Crippen LogP contribution in [-0.2, 0) is 13.0 Å². The van der Waals surface area contributed by atoms with Crippen molar-refractivity contribution in [3.63, 3.8) is 0 Å². The second kappa shape index (κ2) is 6.00. The maximum atomic E-state index is 5.44. The zero-order valence-electron chi connectivity index (χ0n) is 9.69. The summed E-state index contributed by atoms with van der Waals surface area (Å²) >= 11 is 0. The van der Waals surface area contributed by atoms with Crippen LogP contribution >= 0.6 is 0 Å². The van der Waals surface area contributed by atoms with Gasteiger partial charge in [-0.05, 0) is 25.1 Å². The van der Waals surface area contributed by atoms with Crippen LogP contribution in [0.25, 0.3) is 0 Å². The quantitative estimate of drug-likeness (QED) is 0.700. The average molecular weight is 231 g/mol. The first kappa shape index (κ1) is 11.6. The van der Waals surface area contributed by atoms with Crippen molar-refractivity contribution < 1.29 is 0 Å². The molecule has 0 unspecified atom stereocenters. The molecule has 0 fully saturated rings. The molecule has 5 nitrogen and oxygen atoms in total. The molecule has 2 rings (SSSR count). The maximum absolute atomic E-state index is 5.44. The number of hydrogen-bond donors (Lipinski definition) is 3. The Balaban J connectivity index is 1.85. The minimum Gasteiger partial charge on any atom is -0.378 e. The van der Waals surface area contributed by atoms with E-state index in [2.05, 4.69) is 20.5 Å². The van der Waals surface area contributed by atoms with E-state index in [-0.39, 0.29) is 0 Å². The van der Waals surface area contributed by atoms with E-state index in [1.54, 1.807) is 0 Å². The molecule has 1 aromatic heterocycles. The van der Waals surface area contributed by atoms with Crippen LogP contribution in [0, 0.1) is 0 Å². The second-order valence-electron chi connectivity index (χ2n) is 3.81. The van der Waals surface area contributed by atoms with Gasteiger partial charge in [-0.1, -0.05) is 18.2 Å². The minimum absolute atomic E-state index is 0.652. The first-order valence-electron chi connectivity index (χ1n) is 5.77. The molecule has 17 heavy (non-hydrogen) atoms. The zero-order valence-corrected chi connectivity index (χ0v) is 9.69. The summed E-state index contributed by atoms with van der Waals surface area (Å²) in [5.74, 6) is 1.68. The lowest BCUT2D eigenvalue weighted by atomic mass is 10.3. The molecule has 0 spiro atoms. The minimum atomic E-state index is 0.652. The van der Waals surface area contributed by atoms with Crippen molar-refractivity contribution in [3.8, 4) is 0 Å². The summed E-state index contributed by atoms with van der Waals surface area (Å²) < 4.78 is 0. The van der Waals surface area contributed by atoms with Crippen molar-refractivity contribution in [2.24, 2.45) is 5.73 Å². The normalized spacial score (nSPS) is 10.4. The Labute approximate surface area is 100 Å². The lowest BCUT2D eigenvalue weighted by molar-refractivity contribution is 0.785. The molecule has 4 N–H and O–H groups in total. The lowest BCUT2D eigenvalue weighted by Crippen LogP contribution is -2.02. The third kappa shape index (κ3) is 3.57. The largest absolute Gasteiger partial charge is 0.378 e. The van der Waals surface area contributed by atoms with Crippen molar-refractivity contribution >= 4 is 5.69 Å². The van der Waals surface area contributed by atoms with Crippen molar-refractivity contribution in [1.29, 1.82) is 0 Å². The molecule has 0 aliphatic rings. The number of nitrogens with two attached hydrogens (primary N) is 1. The number of H-pyrrole nitrogens is 1. The SMILES string of the molecule is NCCCc1n[nH]c(CNc2ccccc2)n1. The van der Waals surface area contributed by atoms with Crippen LogP contribution in [0.4, 0.5) is 5.69 Å². The predicted molar refractivity (Wildman–Crippen MR) is 67.5 cm³/mol. The number of anilines is 1. The first-order chi connectivity index (χ1) is 8.38. The Kier molecular flexibility index (Phi) is 4.10. The number of nitrogens with one attached hydrogen (secondary N) is 2. The zero-order chi connectivity index (χ0) is 11.9. The van der Waals surface area contributed by atoms with E-state index in [1.165, 1.54) is 0 Å². The molecule has 0 amide bonds. The Morgan fingerprint density at radius 3 is 2.82 bits per heavy atom. The van der Waals surface area contributed by atoms with Crippen LogP contribution in [0.5, 0.6) is 0 Å². The molecular formula is C12H17N5. The first-order valence-corrected chi connectivity index (χ1v) is 5.77. The second-order valence-corrected chi connectivity index (χ2v) is 3.81. The molecular weight excluding hydrogens is 214 g/mol. The molecule has 1 aromatic carbocycles. The number of benzene rings is 1. The molecule has 5 heteroatoms. The van der Waals surface area contributed by atoms with Gasteiger partial charge in [0.15, 0.2) is 5.82 Å². The fraction of sp³-hybridized carbons (Fsp3) is 0.333. The Morgan fingerprint density at radius 1 is 1.24 bits per heavy atom. The van der Waals surface area contributed by atoms with Crippen LogP contribution in [0.15, 0.2) is 30.3 Å². The maximum Gasteiger partial charge on any atom is 0.150 e. The molecule has 0 saturated carbocycles. The van der Waals surface area contributed by atoms with Crippen LogP contribution in [0.3, 0.4) is 0 Å². The van der Waals surface area contributed by atoms with Crippen molar-refractivity contribution in [2.45, 2.75) is 19.4 Å².